The van der Waals surface area contributed by atoms with Crippen molar-refractivity contribution in [2.45, 2.75) is 40.2 Å². The van der Waals surface area contributed by atoms with E-state index in [0.29, 0.717) is 33.3 Å². The molecule has 0 aliphatic heterocycles. The van der Waals surface area contributed by atoms with Crippen molar-refractivity contribution in [3.8, 4) is 22.3 Å². The van der Waals surface area contributed by atoms with Gasteiger partial charge in [0.25, 0.3) is 0 Å². The van der Waals surface area contributed by atoms with E-state index < -0.39 is 6.10 Å². The molecule has 6 rings (SSSR count). The molecule has 3 N–H and O–H groups in total. The van der Waals surface area contributed by atoms with Gasteiger partial charge in [-0.2, -0.15) is 0 Å². The van der Waals surface area contributed by atoms with E-state index in [1.807, 2.05) is 91.9 Å². The van der Waals surface area contributed by atoms with Gasteiger partial charge in [0.05, 0.1) is 20.8 Å². The first-order valence-corrected chi connectivity index (χ1v) is 16.0. The molecule has 4 aromatic carbocycles. The van der Waals surface area contributed by atoms with E-state index in [2.05, 4.69) is 20.6 Å². The van der Waals surface area contributed by atoms with Gasteiger partial charge in [-0.25, -0.2) is 9.97 Å². The number of hydrogen-bond donors (Lipinski definition) is 3. The van der Waals surface area contributed by atoms with Gasteiger partial charge < -0.3 is 15.7 Å². The van der Waals surface area contributed by atoms with E-state index in [1.54, 1.807) is 6.92 Å². The Kier molecular flexibility index (Phi) is 9.77. The summed E-state index contributed by atoms with van der Waals surface area (Å²) in [6.45, 7) is 6.46. The summed E-state index contributed by atoms with van der Waals surface area (Å²) in [5.74, 6) is -0.288. The Morgan fingerprint density at radius 2 is 1.18 bits per heavy atom. The molecule has 0 fully saturated rings. The first kappa shape index (κ1) is 31.6. The second-order valence-corrected chi connectivity index (χ2v) is 12.4. The van der Waals surface area contributed by atoms with Crippen molar-refractivity contribution in [3.63, 3.8) is 0 Å². The maximum Gasteiger partial charge on any atom is 0.221 e. The number of hydrogen-bond acceptors (Lipinski definition) is 8. The van der Waals surface area contributed by atoms with Crippen molar-refractivity contribution in [1.29, 1.82) is 0 Å². The third kappa shape index (κ3) is 7.15. The fourth-order valence-corrected chi connectivity index (χ4v) is 6.67. The molecule has 0 saturated carbocycles. The molecule has 1 atom stereocenters. The molecule has 2 aromatic heterocycles. The van der Waals surface area contributed by atoms with Gasteiger partial charge in [0.1, 0.15) is 22.1 Å². The van der Waals surface area contributed by atoms with Crippen molar-refractivity contribution in [1.82, 2.24) is 9.97 Å². The molecule has 0 bridgehead atoms. The fourth-order valence-electron chi connectivity index (χ4n) is 4.78. The van der Waals surface area contributed by atoms with E-state index in [-0.39, 0.29) is 17.6 Å². The lowest BCUT2D eigenvalue weighted by Gasteiger charge is -2.11. The van der Waals surface area contributed by atoms with Crippen LogP contribution in [0.25, 0.3) is 42.7 Å². The lowest BCUT2D eigenvalue weighted by atomic mass is 10.0. The number of aromatic nitrogens is 2. The number of carbonyl (C=O) groups excluding carboxylic acids is 3. The molecular weight excluding hydrogens is 605 g/mol. The van der Waals surface area contributed by atoms with Gasteiger partial charge in [-0.3, -0.25) is 14.4 Å². The van der Waals surface area contributed by atoms with Crippen LogP contribution in [-0.2, 0) is 9.59 Å². The summed E-state index contributed by atoms with van der Waals surface area (Å²) in [4.78, 5) is 44.1. The zero-order chi connectivity index (χ0) is 32.1. The average molecular weight is 637 g/mol. The number of thiazole rings is 2. The Balaban J connectivity index is 0.000000178. The minimum Gasteiger partial charge on any atom is -0.386 e. The predicted molar refractivity (Wildman–Crippen MR) is 184 cm³/mol. The SMILES string of the molecule is CC(=O)Nc1c(-c2ccccc2)ccc2sc(C(C)O)nc12.CCC(=O)c1nc2c(NC(C)=O)c(-c3ccccc3)ccc2s1. The molecule has 10 heteroatoms. The van der Waals surface area contributed by atoms with E-state index in [0.717, 1.165) is 37.2 Å². The Bertz CT molecular complexity index is 2000. The van der Waals surface area contributed by atoms with Gasteiger partial charge in [-0.05, 0) is 30.2 Å². The number of aliphatic hydroxyl groups excluding tert-OH is 1. The molecular formula is C35H32N4O4S2. The van der Waals surface area contributed by atoms with Crippen LogP contribution in [0.4, 0.5) is 11.4 Å². The predicted octanol–water partition coefficient (Wildman–Crippen LogP) is 8.49. The second-order valence-electron chi connectivity index (χ2n) is 10.3. The molecule has 8 nitrogen and oxygen atoms in total. The van der Waals surface area contributed by atoms with E-state index in [9.17, 15) is 19.5 Å². The molecule has 0 saturated heterocycles. The van der Waals surface area contributed by atoms with Crippen molar-refractivity contribution < 1.29 is 19.5 Å². The van der Waals surface area contributed by atoms with Crippen LogP contribution in [0.15, 0.2) is 84.9 Å². The quantitative estimate of drug-likeness (QED) is 0.151. The summed E-state index contributed by atoms with van der Waals surface area (Å²) >= 11 is 2.80. The number of aliphatic hydroxyl groups is 1. The Morgan fingerprint density at radius 1 is 0.711 bits per heavy atom. The van der Waals surface area contributed by atoms with Gasteiger partial charge in [0.15, 0.2) is 10.8 Å². The van der Waals surface area contributed by atoms with Crippen molar-refractivity contribution >= 4 is 72.1 Å². The second kappa shape index (κ2) is 13.9. The summed E-state index contributed by atoms with van der Waals surface area (Å²) in [7, 11) is 0. The first-order valence-electron chi connectivity index (χ1n) is 14.4. The molecule has 45 heavy (non-hydrogen) atoms. The number of carbonyl (C=O) groups is 3. The highest BCUT2D eigenvalue weighted by molar-refractivity contribution is 7.20. The van der Waals surface area contributed by atoms with E-state index in [1.165, 1.54) is 36.5 Å². The van der Waals surface area contributed by atoms with Crippen LogP contribution in [-0.4, -0.2) is 32.7 Å². The summed E-state index contributed by atoms with van der Waals surface area (Å²) < 4.78 is 1.84. The van der Waals surface area contributed by atoms with Crippen LogP contribution in [0.5, 0.6) is 0 Å². The smallest absolute Gasteiger partial charge is 0.221 e. The van der Waals surface area contributed by atoms with Crippen molar-refractivity contribution in [2.75, 3.05) is 10.6 Å². The third-order valence-electron chi connectivity index (χ3n) is 6.83. The topological polar surface area (TPSA) is 121 Å². The van der Waals surface area contributed by atoms with Crippen LogP contribution in [0.3, 0.4) is 0 Å². The molecule has 6 aromatic rings. The van der Waals surface area contributed by atoms with Gasteiger partial charge in [-0.1, -0.05) is 79.7 Å². The van der Waals surface area contributed by atoms with Crippen LogP contribution in [0.2, 0.25) is 0 Å². The molecule has 0 spiro atoms. The molecule has 0 aliphatic carbocycles. The van der Waals surface area contributed by atoms with E-state index >= 15 is 0 Å². The highest BCUT2D eigenvalue weighted by Gasteiger charge is 2.18. The number of amides is 2. The molecule has 0 radical (unpaired) electrons. The van der Waals surface area contributed by atoms with Crippen LogP contribution in [0.1, 0.15) is 55.0 Å². The van der Waals surface area contributed by atoms with Crippen LogP contribution < -0.4 is 10.6 Å². The van der Waals surface area contributed by atoms with Crippen LogP contribution >= 0.6 is 22.7 Å². The Morgan fingerprint density at radius 3 is 1.62 bits per heavy atom. The number of rotatable bonds is 7. The fraction of sp³-hybridized carbons (Fsp3) is 0.171. The first-order chi connectivity index (χ1) is 21.7. The van der Waals surface area contributed by atoms with E-state index in [4.69, 9.17) is 0 Å². The van der Waals surface area contributed by atoms with Gasteiger partial charge >= 0.3 is 0 Å². The zero-order valence-corrected chi connectivity index (χ0v) is 26.9. The highest BCUT2D eigenvalue weighted by atomic mass is 32.1. The Hall–Kier alpha value is -4.77. The lowest BCUT2D eigenvalue weighted by Crippen LogP contribution is -2.07. The van der Waals surface area contributed by atoms with Crippen molar-refractivity contribution in [2.24, 2.45) is 0 Å². The number of nitrogens with zero attached hydrogens (tertiary/aromatic N) is 2. The minimum atomic E-state index is -0.622. The van der Waals surface area contributed by atoms with Crippen LogP contribution in [0, 0.1) is 0 Å². The molecule has 2 amide bonds. The third-order valence-corrected chi connectivity index (χ3v) is 9.08. The lowest BCUT2D eigenvalue weighted by molar-refractivity contribution is -0.115. The standard InChI is InChI=1S/C18H16N2O2S.C17H16N2O2S/c1-3-14(22)18-20-17-15(23-18)10-9-13(16(17)19-11(2)21)12-7-5-4-6-8-12;1-10(20)17-19-16-14(22-17)9-8-13(15(16)18-11(2)21)12-6-4-3-5-7-12/h4-10H,3H2,1-2H3,(H,19,21);3-10,20H,1-2H3,(H,18,21). The van der Waals surface area contributed by atoms with Crippen molar-refractivity contribution in [3.05, 3.63) is 94.9 Å². The zero-order valence-electron chi connectivity index (χ0n) is 25.3. The Labute approximate surface area is 268 Å². The molecule has 1 unspecified atom stereocenters. The summed E-state index contributed by atoms with van der Waals surface area (Å²) in [5.41, 5.74) is 6.57. The highest BCUT2D eigenvalue weighted by Crippen LogP contribution is 2.39. The number of nitrogens with one attached hydrogen (secondary N) is 2. The summed E-state index contributed by atoms with van der Waals surface area (Å²) in [6.07, 6.45) is -0.205. The normalized spacial score (nSPS) is 11.5. The monoisotopic (exact) mass is 636 g/mol. The number of benzene rings is 4. The number of Topliss-reactive ketones (excluding diaryl/α,β-unsaturated/α-hetero) is 1. The van der Waals surface area contributed by atoms with Gasteiger partial charge in [0, 0.05) is 31.4 Å². The number of anilines is 2. The molecule has 0 aliphatic rings. The molecule has 228 valence electrons. The average Bonchev–Trinajstić information content (AvgIpc) is 3.68. The van der Waals surface area contributed by atoms with Gasteiger partial charge in [-0.15, -0.1) is 22.7 Å². The number of ketones is 1. The number of fused-ring (bicyclic) bond motifs is 2. The maximum atomic E-state index is 11.9. The maximum absolute atomic E-state index is 11.9. The van der Waals surface area contributed by atoms with Gasteiger partial charge in [0.2, 0.25) is 11.8 Å². The minimum absolute atomic E-state index is 0.0150. The largest absolute Gasteiger partial charge is 0.386 e. The summed E-state index contributed by atoms with van der Waals surface area (Å²) in [5, 5.41) is 16.6. The molecule has 2 heterocycles. The summed E-state index contributed by atoms with van der Waals surface area (Å²) in [6, 6.07) is 27.5.